The molecule has 1 saturated heterocycles. The summed E-state index contributed by atoms with van der Waals surface area (Å²) in [5.41, 5.74) is 3.38. The second-order valence-electron chi connectivity index (χ2n) is 11.5. The second kappa shape index (κ2) is 12.9. The van der Waals surface area contributed by atoms with Crippen molar-refractivity contribution in [2.24, 2.45) is 10.5 Å². The Hall–Kier alpha value is -4.33. The summed E-state index contributed by atoms with van der Waals surface area (Å²) in [6.45, 7) is 12.2. The molecule has 0 bridgehead atoms. The maximum atomic E-state index is 13.6. The number of hydrazone groups is 1. The molecule has 0 aromatic heterocycles. The minimum absolute atomic E-state index is 0.0174. The fourth-order valence-corrected chi connectivity index (χ4v) is 5.68. The highest BCUT2D eigenvalue weighted by molar-refractivity contribution is 6.19. The molecule has 0 unspecified atom stereocenters. The molecule has 3 aromatic carbocycles. The molecule has 0 saturated carbocycles. The molecule has 1 fully saturated rings. The van der Waals surface area contributed by atoms with Crippen LogP contribution in [0.25, 0.3) is 0 Å². The average Bonchev–Trinajstić information content (AvgIpc) is 3.26. The standard InChI is InChI=1S/C35H41N3O5/c1-6-41-30-16-14-26(21-31(30)42-7-2)32-35(4,5)34(40)38(36-32)27-17-19-37(20-18-27)33(39)29-22-28(15-13-24(29)3)43-23-25-11-9-8-10-12-25/h8-16,21-22,27H,6-7,17-20,23H2,1-5H3. The van der Waals surface area contributed by atoms with Crippen molar-refractivity contribution in [2.75, 3.05) is 26.3 Å². The molecule has 0 radical (unpaired) electrons. The number of benzene rings is 3. The summed E-state index contributed by atoms with van der Waals surface area (Å²) in [4.78, 5) is 29.1. The first kappa shape index (κ1) is 30.1. The molecular weight excluding hydrogens is 542 g/mol. The zero-order valence-corrected chi connectivity index (χ0v) is 25.8. The summed E-state index contributed by atoms with van der Waals surface area (Å²) >= 11 is 0. The van der Waals surface area contributed by atoms with Gasteiger partial charge in [0.1, 0.15) is 12.4 Å². The van der Waals surface area contributed by atoms with Gasteiger partial charge in [0.2, 0.25) is 0 Å². The van der Waals surface area contributed by atoms with E-state index in [1.165, 1.54) is 0 Å². The van der Waals surface area contributed by atoms with Crippen LogP contribution in [0.1, 0.15) is 67.6 Å². The van der Waals surface area contributed by atoms with Crippen LogP contribution >= 0.6 is 0 Å². The maximum Gasteiger partial charge on any atom is 0.254 e. The van der Waals surface area contributed by atoms with E-state index in [9.17, 15) is 9.59 Å². The molecule has 0 N–H and O–H groups in total. The van der Waals surface area contributed by atoms with Crippen LogP contribution in [0.3, 0.4) is 0 Å². The molecular formula is C35H41N3O5. The minimum atomic E-state index is -0.791. The Bertz CT molecular complexity index is 1490. The number of hydrogen-bond acceptors (Lipinski definition) is 6. The van der Waals surface area contributed by atoms with E-state index in [1.807, 2.05) is 106 Å². The summed E-state index contributed by atoms with van der Waals surface area (Å²) in [5, 5.41) is 6.53. The Morgan fingerprint density at radius 3 is 2.30 bits per heavy atom. The number of ether oxygens (including phenoxy) is 3. The number of aryl methyl sites for hydroxylation is 1. The van der Waals surface area contributed by atoms with Crippen molar-refractivity contribution in [3.63, 3.8) is 0 Å². The summed E-state index contributed by atoms with van der Waals surface area (Å²) in [7, 11) is 0. The van der Waals surface area contributed by atoms with Crippen LogP contribution in [0.4, 0.5) is 0 Å². The van der Waals surface area contributed by atoms with Crippen molar-refractivity contribution < 1.29 is 23.8 Å². The van der Waals surface area contributed by atoms with Crippen molar-refractivity contribution in [2.45, 2.75) is 60.1 Å². The quantitative estimate of drug-likeness (QED) is 0.282. The van der Waals surface area contributed by atoms with Gasteiger partial charge in [0, 0.05) is 24.2 Å². The molecule has 3 aromatic rings. The molecule has 2 aliphatic rings. The van der Waals surface area contributed by atoms with Crippen molar-refractivity contribution >= 4 is 17.5 Å². The first-order chi connectivity index (χ1) is 20.7. The first-order valence-corrected chi connectivity index (χ1v) is 15.1. The number of hydrogen-bond donors (Lipinski definition) is 0. The van der Waals surface area contributed by atoms with E-state index in [4.69, 9.17) is 19.3 Å². The second-order valence-corrected chi connectivity index (χ2v) is 11.5. The number of carbonyl (C=O) groups is 2. The molecule has 2 amide bonds. The summed E-state index contributed by atoms with van der Waals surface area (Å²) in [6.07, 6.45) is 1.31. The van der Waals surface area contributed by atoms with Crippen molar-refractivity contribution in [3.8, 4) is 17.2 Å². The van der Waals surface area contributed by atoms with Crippen molar-refractivity contribution in [1.29, 1.82) is 0 Å². The Balaban J connectivity index is 1.27. The SMILES string of the molecule is CCOc1ccc(C2=NN(C3CCN(C(=O)c4cc(OCc5ccccc5)ccc4C)CC3)C(=O)C2(C)C)cc1OCC. The highest BCUT2D eigenvalue weighted by atomic mass is 16.5. The molecule has 2 heterocycles. The van der Waals surface area contributed by atoms with Gasteiger partial charge in [-0.1, -0.05) is 36.4 Å². The Morgan fingerprint density at radius 2 is 1.60 bits per heavy atom. The van der Waals surface area contributed by atoms with Gasteiger partial charge in [-0.25, -0.2) is 5.01 Å². The predicted octanol–water partition coefficient (Wildman–Crippen LogP) is 6.25. The topological polar surface area (TPSA) is 80.7 Å². The van der Waals surface area contributed by atoms with Gasteiger partial charge in [0.25, 0.3) is 11.8 Å². The molecule has 43 heavy (non-hydrogen) atoms. The van der Waals surface area contributed by atoms with Gasteiger partial charge < -0.3 is 19.1 Å². The number of carbonyl (C=O) groups excluding carboxylic acids is 2. The van der Waals surface area contributed by atoms with E-state index >= 15 is 0 Å². The third-order valence-electron chi connectivity index (χ3n) is 8.14. The van der Waals surface area contributed by atoms with Gasteiger partial charge >= 0.3 is 0 Å². The number of piperidine rings is 1. The maximum absolute atomic E-state index is 13.6. The number of nitrogens with zero attached hydrogens (tertiary/aromatic N) is 3. The molecule has 2 aliphatic heterocycles. The van der Waals surface area contributed by atoms with E-state index < -0.39 is 5.41 Å². The summed E-state index contributed by atoms with van der Waals surface area (Å²) in [5.74, 6) is 1.94. The van der Waals surface area contributed by atoms with Crippen LogP contribution in [-0.2, 0) is 11.4 Å². The molecule has 226 valence electrons. The lowest BCUT2D eigenvalue weighted by Gasteiger charge is -2.35. The van der Waals surface area contributed by atoms with E-state index in [2.05, 4.69) is 0 Å². The minimum Gasteiger partial charge on any atom is -0.490 e. The van der Waals surface area contributed by atoms with Gasteiger partial charge in [-0.3, -0.25) is 9.59 Å². The molecule has 0 atom stereocenters. The van der Waals surface area contributed by atoms with Crippen LogP contribution in [0.2, 0.25) is 0 Å². The average molecular weight is 584 g/mol. The van der Waals surface area contributed by atoms with Gasteiger partial charge in [0.15, 0.2) is 11.5 Å². The highest BCUT2D eigenvalue weighted by Crippen LogP contribution is 2.38. The molecule has 8 nitrogen and oxygen atoms in total. The number of rotatable bonds is 10. The molecule has 0 aliphatic carbocycles. The van der Waals surface area contributed by atoms with E-state index in [-0.39, 0.29) is 17.9 Å². The van der Waals surface area contributed by atoms with Crippen LogP contribution in [0.15, 0.2) is 71.8 Å². The predicted molar refractivity (Wildman–Crippen MR) is 167 cm³/mol. The van der Waals surface area contributed by atoms with Crippen LogP contribution in [0, 0.1) is 12.3 Å². The largest absolute Gasteiger partial charge is 0.490 e. The first-order valence-electron chi connectivity index (χ1n) is 15.1. The normalized spacial score (nSPS) is 16.7. The smallest absolute Gasteiger partial charge is 0.254 e. The lowest BCUT2D eigenvalue weighted by atomic mass is 9.83. The van der Waals surface area contributed by atoms with Crippen LogP contribution < -0.4 is 14.2 Å². The number of likely N-dealkylation sites (tertiary alicyclic amines) is 1. The van der Waals surface area contributed by atoms with Crippen molar-refractivity contribution in [3.05, 3.63) is 89.0 Å². The molecule has 8 heteroatoms. The van der Waals surface area contributed by atoms with E-state index in [0.29, 0.717) is 74.3 Å². The third kappa shape index (κ3) is 6.38. The Morgan fingerprint density at radius 1 is 0.907 bits per heavy atom. The molecule has 5 rings (SSSR count). The summed E-state index contributed by atoms with van der Waals surface area (Å²) < 4.78 is 17.5. The zero-order chi connectivity index (χ0) is 30.6. The fourth-order valence-electron chi connectivity index (χ4n) is 5.68. The Labute approximate surface area is 254 Å². The molecule has 0 spiro atoms. The highest BCUT2D eigenvalue weighted by Gasteiger charge is 2.47. The number of amides is 2. The van der Waals surface area contributed by atoms with Gasteiger partial charge in [-0.15, -0.1) is 0 Å². The van der Waals surface area contributed by atoms with Gasteiger partial charge in [0.05, 0.1) is 30.4 Å². The van der Waals surface area contributed by atoms with Gasteiger partial charge in [-0.2, -0.15) is 5.10 Å². The van der Waals surface area contributed by atoms with E-state index in [0.717, 1.165) is 16.7 Å². The zero-order valence-electron chi connectivity index (χ0n) is 25.8. The van der Waals surface area contributed by atoms with Crippen molar-refractivity contribution in [1.82, 2.24) is 9.91 Å². The lowest BCUT2D eigenvalue weighted by molar-refractivity contribution is -0.137. The van der Waals surface area contributed by atoms with Crippen LogP contribution in [-0.4, -0.2) is 59.8 Å². The lowest BCUT2D eigenvalue weighted by Crippen LogP contribution is -2.47. The monoisotopic (exact) mass is 583 g/mol. The van der Waals surface area contributed by atoms with E-state index in [1.54, 1.807) is 5.01 Å². The fraction of sp³-hybridized carbons (Fsp3) is 0.400. The van der Waals surface area contributed by atoms with Crippen LogP contribution in [0.5, 0.6) is 17.2 Å². The Kier molecular flexibility index (Phi) is 9.04. The summed E-state index contributed by atoms with van der Waals surface area (Å²) in [6, 6.07) is 21.3. The third-order valence-corrected chi connectivity index (χ3v) is 8.14. The van der Waals surface area contributed by atoms with Gasteiger partial charge in [-0.05, 0) is 88.9 Å².